The van der Waals surface area contributed by atoms with Crippen LogP contribution in [0.2, 0.25) is 0 Å². The van der Waals surface area contributed by atoms with Crippen LogP contribution in [-0.2, 0) is 22.7 Å². The molecule has 148 valence electrons. The first kappa shape index (κ1) is 19.4. The van der Waals surface area contributed by atoms with E-state index < -0.39 is 5.97 Å². The molecule has 0 fully saturated rings. The highest BCUT2D eigenvalue weighted by Gasteiger charge is 2.23. The van der Waals surface area contributed by atoms with Crippen molar-refractivity contribution < 1.29 is 23.9 Å². The second kappa shape index (κ2) is 8.18. The van der Waals surface area contributed by atoms with E-state index in [1.165, 1.54) is 29.6 Å². The Labute approximate surface area is 175 Å². The topological polar surface area (TPSA) is 81.7 Å². The maximum Gasteiger partial charge on any atom is 0.348 e. The number of carbonyl (C=O) groups excluding carboxylic acids is 3. The predicted octanol–water partition coefficient (Wildman–Crippen LogP) is 4.04. The summed E-state index contributed by atoms with van der Waals surface area (Å²) in [5.41, 5.74) is 1.90. The van der Waals surface area contributed by atoms with E-state index in [9.17, 15) is 14.4 Å². The van der Waals surface area contributed by atoms with Gasteiger partial charge in [0.25, 0.3) is 0 Å². The van der Waals surface area contributed by atoms with E-state index in [1.807, 2.05) is 24.3 Å². The molecule has 1 N–H and O–H groups in total. The molecule has 1 amide bonds. The fourth-order valence-corrected chi connectivity index (χ4v) is 4.87. The molecule has 4 rings (SSSR count). The van der Waals surface area contributed by atoms with Gasteiger partial charge in [-0.25, -0.2) is 4.79 Å². The summed E-state index contributed by atoms with van der Waals surface area (Å²) in [5.74, 6) is -0.130. The second-order valence-corrected chi connectivity index (χ2v) is 8.65. The van der Waals surface area contributed by atoms with Crippen LogP contribution in [0.5, 0.6) is 5.75 Å². The zero-order chi connectivity index (χ0) is 20.4. The summed E-state index contributed by atoms with van der Waals surface area (Å²) in [6.07, 6.45) is 0. The van der Waals surface area contributed by atoms with Crippen LogP contribution in [0.4, 0.5) is 0 Å². The van der Waals surface area contributed by atoms with Crippen molar-refractivity contribution in [1.82, 2.24) is 5.32 Å². The first-order valence-corrected chi connectivity index (χ1v) is 10.5. The molecule has 0 bridgehead atoms. The molecule has 3 aromatic rings. The number of thiophene rings is 2. The van der Waals surface area contributed by atoms with E-state index in [0.29, 0.717) is 22.9 Å². The van der Waals surface area contributed by atoms with Gasteiger partial charge in [0.15, 0.2) is 6.61 Å². The standard InChI is InChI=1S/C21H17NO5S2/c1-12(23)22-9-14-6-7-18(28-14)16(24)11-27-21(25)19-8-13-10-26-17-5-3-2-4-15(17)20(13)29-19/h2-8H,9-11H2,1H3,(H,22,23). The van der Waals surface area contributed by atoms with Crippen LogP contribution in [0.1, 0.15) is 36.7 Å². The minimum atomic E-state index is -0.523. The Morgan fingerprint density at radius 2 is 1.93 bits per heavy atom. The van der Waals surface area contributed by atoms with E-state index in [0.717, 1.165) is 26.6 Å². The summed E-state index contributed by atoms with van der Waals surface area (Å²) in [7, 11) is 0. The van der Waals surface area contributed by atoms with E-state index in [-0.39, 0.29) is 18.3 Å². The van der Waals surface area contributed by atoms with Gasteiger partial charge >= 0.3 is 5.97 Å². The number of carbonyl (C=O) groups is 3. The lowest BCUT2D eigenvalue weighted by Gasteiger charge is -2.16. The molecule has 0 saturated carbocycles. The molecule has 1 aromatic carbocycles. The van der Waals surface area contributed by atoms with Crippen molar-refractivity contribution in [2.45, 2.75) is 20.1 Å². The highest BCUT2D eigenvalue weighted by atomic mass is 32.1. The highest BCUT2D eigenvalue weighted by Crippen LogP contribution is 2.42. The van der Waals surface area contributed by atoms with Crippen molar-refractivity contribution in [3.05, 3.63) is 62.7 Å². The van der Waals surface area contributed by atoms with Crippen molar-refractivity contribution >= 4 is 40.3 Å². The Balaban J connectivity index is 1.39. The summed E-state index contributed by atoms with van der Waals surface area (Å²) in [5, 5.41) is 2.68. The summed E-state index contributed by atoms with van der Waals surface area (Å²) in [6, 6.07) is 12.9. The molecule has 0 saturated heterocycles. The zero-order valence-electron chi connectivity index (χ0n) is 15.5. The monoisotopic (exact) mass is 427 g/mol. The van der Waals surface area contributed by atoms with Gasteiger partial charge in [-0.2, -0.15) is 0 Å². The molecule has 3 heterocycles. The van der Waals surface area contributed by atoms with Crippen LogP contribution < -0.4 is 10.1 Å². The lowest BCUT2D eigenvalue weighted by Crippen LogP contribution is -2.18. The fraction of sp³-hybridized carbons (Fsp3) is 0.190. The Kier molecular flexibility index (Phi) is 5.46. The Bertz CT molecular complexity index is 1100. The first-order valence-electron chi connectivity index (χ1n) is 8.89. The number of benzene rings is 1. The minimum absolute atomic E-state index is 0.133. The zero-order valence-corrected chi connectivity index (χ0v) is 17.2. The van der Waals surface area contributed by atoms with E-state index >= 15 is 0 Å². The van der Waals surface area contributed by atoms with Gasteiger partial charge in [0.1, 0.15) is 17.2 Å². The van der Waals surface area contributed by atoms with Crippen molar-refractivity contribution in [2.75, 3.05) is 6.61 Å². The van der Waals surface area contributed by atoms with Crippen LogP contribution >= 0.6 is 22.7 Å². The quantitative estimate of drug-likeness (QED) is 0.474. The van der Waals surface area contributed by atoms with Gasteiger partial charge in [0.05, 0.1) is 11.4 Å². The summed E-state index contributed by atoms with van der Waals surface area (Å²) < 4.78 is 10.9. The molecule has 8 heteroatoms. The van der Waals surface area contributed by atoms with Crippen molar-refractivity contribution in [2.24, 2.45) is 0 Å². The van der Waals surface area contributed by atoms with Gasteiger partial charge in [-0.1, -0.05) is 12.1 Å². The van der Waals surface area contributed by atoms with Gasteiger partial charge < -0.3 is 14.8 Å². The molecule has 0 radical (unpaired) electrons. The number of hydrogen-bond donors (Lipinski definition) is 1. The smallest absolute Gasteiger partial charge is 0.348 e. The molecule has 0 unspecified atom stereocenters. The number of rotatable bonds is 6. The predicted molar refractivity (Wildman–Crippen MR) is 111 cm³/mol. The van der Waals surface area contributed by atoms with Crippen LogP contribution in [0.25, 0.3) is 10.4 Å². The highest BCUT2D eigenvalue weighted by molar-refractivity contribution is 7.17. The van der Waals surface area contributed by atoms with Gasteiger partial charge in [0.2, 0.25) is 11.7 Å². The van der Waals surface area contributed by atoms with Gasteiger partial charge in [-0.15, -0.1) is 22.7 Å². The van der Waals surface area contributed by atoms with Crippen LogP contribution in [0, 0.1) is 0 Å². The molecule has 1 aliphatic rings. The molecule has 2 aromatic heterocycles. The second-order valence-electron chi connectivity index (χ2n) is 6.42. The van der Waals surface area contributed by atoms with Crippen molar-refractivity contribution in [1.29, 1.82) is 0 Å². The number of fused-ring (bicyclic) bond motifs is 3. The SMILES string of the molecule is CC(=O)NCc1ccc(C(=O)COC(=O)c2cc3c(s2)-c2ccccc2OC3)s1. The van der Waals surface area contributed by atoms with Gasteiger partial charge in [0, 0.05) is 27.8 Å². The molecule has 6 nitrogen and oxygen atoms in total. The number of para-hydroxylation sites is 1. The Hall–Kier alpha value is -2.97. The largest absolute Gasteiger partial charge is 0.488 e. The number of esters is 1. The number of hydrogen-bond acceptors (Lipinski definition) is 7. The molecule has 0 spiro atoms. The molecule has 1 aliphatic heterocycles. The molecule has 0 aliphatic carbocycles. The Morgan fingerprint density at radius 1 is 1.10 bits per heavy atom. The average molecular weight is 428 g/mol. The van der Waals surface area contributed by atoms with Crippen LogP contribution in [0.15, 0.2) is 42.5 Å². The summed E-state index contributed by atoms with van der Waals surface area (Å²) >= 11 is 2.62. The number of Topliss-reactive ketones (excluding diaryl/α,β-unsaturated/α-hetero) is 1. The maximum atomic E-state index is 12.4. The number of ether oxygens (including phenoxy) is 2. The van der Waals surface area contributed by atoms with Crippen molar-refractivity contribution in [3.63, 3.8) is 0 Å². The first-order chi connectivity index (χ1) is 14.0. The van der Waals surface area contributed by atoms with E-state index in [4.69, 9.17) is 9.47 Å². The molecular weight excluding hydrogens is 410 g/mol. The van der Waals surface area contributed by atoms with Crippen LogP contribution in [-0.4, -0.2) is 24.3 Å². The molecular formula is C21H17NO5S2. The Morgan fingerprint density at radius 3 is 2.76 bits per heavy atom. The number of ketones is 1. The normalized spacial score (nSPS) is 11.8. The number of nitrogens with one attached hydrogen (secondary N) is 1. The maximum absolute atomic E-state index is 12.4. The van der Waals surface area contributed by atoms with Gasteiger partial charge in [-0.3, -0.25) is 9.59 Å². The summed E-state index contributed by atoms with van der Waals surface area (Å²) in [4.78, 5) is 38.5. The fourth-order valence-electron chi connectivity index (χ4n) is 2.91. The summed E-state index contributed by atoms with van der Waals surface area (Å²) in [6.45, 7) is 1.89. The average Bonchev–Trinajstić information content (AvgIpc) is 3.37. The number of amides is 1. The molecule has 29 heavy (non-hydrogen) atoms. The van der Waals surface area contributed by atoms with Crippen molar-refractivity contribution in [3.8, 4) is 16.2 Å². The lowest BCUT2D eigenvalue weighted by molar-refractivity contribution is -0.119. The van der Waals surface area contributed by atoms with E-state index in [2.05, 4.69) is 5.32 Å². The van der Waals surface area contributed by atoms with Gasteiger partial charge in [-0.05, 0) is 30.3 Å². The third kappa shape index (κ3) is 4.23. The minimum Gasteiger partial charge on any atom is -0.488 e. The lowest BCUT2D eigenvalue weighted by atomic mass is 10.1. The van der Waals surface area contributed by atoms with E-state index in [1.54, 1.807) is 18.2 Å². The van der Waals surface area contributed by atoms with Crippen LogP contribution in [0.3, 0.4) is 0 Å². The third-order valence-corrected chi connectivity index (χ3v) is 6.62. The molecule has 0 atom stereocenters. The third-order valence-electron chi connectivity index (χ3n) is 4.31.